The van der Waals surface area contributed by atoms with Gasteiger partial charge in [0.2, 0.25) is 0 Å². The highest BCUT2D eigenvalue weighted by molar-refractivity contribution is 6.32. The molecule has 0 unspecified atom stereocenters. The van der Waals surface area contributed by atoms with Crippen LogP contribution in [0, 0.1) is 0 Å². The molecule has 0 aliphatic carbocycles. The quantitative estimate of drug-likeness (QED) is 0.162. The lowest BCUT2D eigenvalue weighted by Crippen LogP contribution is -2.35. The fraction of sp³-hybridized carbons (Fsp3) is 0.545. The molecule has 14 heteroatoms. The van der Waals surface area contributed by atoms with E-state index in [-0.39, 0.29) is 27.6 Å². The molecule has 0 bridgehead atoms. The maximum Gasteiger partial charge on any atom is 0.418 e. The third kappa shape index (κ3) is 13.8. The Balaban J connectivity index is 0.000000194. The summed E-state index contributed by atoms with van der Waals surface area (Å²) in [7, 11) is 1.65. The van der Waals surface area contributed by atoms with E-state index in [2.05, 4.69) is 28.2 Å². The Bertz CT molecular complexity index is 1720. The number of methoxy groups -OCH3 is 1. The van der Waals surface area contributed by atoms with Crippen LogP contribution in [0.5, 0.6) is 5.75 Å². The zero-order valence-corrected chi connectivity index (χ0v) is 35.6. The first kappa shape index (κ1) is 48.2. The number of ether oxygens (including phenoxy) is 1. The van der Waals surface area contributed by atoms with E-state index < -0.39 is 23.5 Å². The van der Waals surface area contributed by atoms with E-state index in [0.717, 1.165) is 83.6 Å². The maximum atomic E-state index is 13.2. The standard InChI is InChI=1S/C15H19ClF3NO.C15H17ClF3N.C14H20ClNO/c1-21-10-9-20-7-5-11(6-8-20)12-3-2-4-13(16)14(12)15(17,18)19;1-2-8-20-9-6-11(7-10-20)12-4-3-5-13(16)14(12)15(17,18)19;1-2-8-16-9-6-11(7-10-16)12-4-3-5-13(15)14(12)17/h2-4,11H,5-10H2,1H3;2-5,11H,1,6-10H2;3-5,11,17H,2,6-10H2,1H3. The van der Waals surface area contributed by atoms with Crippen LogP contribution in [0.15, 0.2) is 67.3 Å². The molecule has 0 saturated carbocycles. The van der Waals surface area contributed by atoms with Crippen molar-refractivity contribution in [3.8, 4) is 5.75 Å². The second-order valence-corrected chi connectivity index (χ2v) is 16.4. The van der Waals surface area contributed by atoms with Crippen LogP contribution in [0.25, 0.3) is 0 Å². The van der Waals surface area contributed by atoms with Crippen molar-refractivity contribution in [3.63, 3.8) is 0 Å². The van der Waals surface area contributed by atoms with Gasteiger partial charge in [0.1, 0.15) is 5.75 Å². The molecule has 0 amide bonds. The second kappa shape index (κ2) is 22.9. The molecule has 58 heavy (non-hydrogen) atoms. The topological polar surface area (TPSA) is 39.2 Å². The maximum absolute atomic E-state index is 13.2. The van der Waals surface area contributed by atoms with Gasteiger partial charge in [-0.2, -0.15) is 26.3 Å². The first-order valence-electron chi connectivity index (χ1n) is 20.0. The number of phenolic OH excluding ortho intramolecular Hbond substituents is 1. The lowest BCUT2D eigenvalue weighted by molar-refractivity contribution is -0.139. The number of benzene rings is 3. The van der Waals surface area contributed by atoms with Crippen molar-refractivity contribution in [2.75, 3.05) is 72.6 Å². The highest BCUT2D eigenvalue weighted by Gasteiger charge is 2.39. The highest BCUT2D eigenvalue weighted by Crippen LogP contribution is 2.44. The van der Waals surface area contributed by atoms with Gasteiger partial charge < -0.3 is 19.6 Å². The Morgan fingerprint density at radius 2 is 1.02 bits per heavy atom. The van der Waals surface area contributed by atoms with Gasteiger partial charge in [-0.3, -0.25) is 4.90 Å². The van der Waals surface area contributed by atoms with Crippen LogP contribution in [0.1, 0.15) is 97.4 Å². The molecule has 5 nitrogen and oxygen atoms in total. The van der Waals surface area contributed by atoms with Gasteiger partial charge in [0.05, 0.1) is 32.8 Å². The fourth-order valence-electron chi connectivity index (χ4n) is 8.30. The van der Waals surface area contributed by atoms with Gasteiger partial charge >= 0.3 is 12.4 Å². The van der Waals surface area contributed by atoms with E-state index in [1.54, 1.807) is 37.4 Å². The smallest absolute Gasteiger partial charge is 0.418 e. The van der Waals surface area contributed by atoms with Crippen molar-refractivity contribution in [1.82, 2.24) is 14.7 Å². The molecule has 3 saturated heterocycles. The molecular formula is C44H56Cl3F6N3O2. The number of phenols is 1. The summed E-state index contributed by atoms with van der Waals surface area (Å²) < 4.78 is 84.1. The molecule has 3 aliphatic heterocycles. The van der Waals surface area contributed by atoms with Gasteiger partial charge in [0.25, 0.3) is 0 Å². The number of piperidine rings is 3. The third-order valence-electron chi connectivity index (χ3n) is 11.3. The summed E-state index contributed by atoms with van der Waals surface area (Å²) in [6.45, 7) is 14.8. The molecule has 3 fully saturated rings. The Morgan fingerprint density at radius 1 is 0.638 bits per heavy atom. The number of rotatable bonds is 10. The highest BCUT2D eigenvalue weighted by atomic mass is 35.5. The Morgan fingerprint density at radius 3 is 1.41 bits per heavy atom. The van der Waals surface area contributed by atoms with E-state index in [0.29, 0.717) is 41.5 Å². The minimum absolute atomic E-state index is 0.0774. The summed E-state index contributed by atoms with van der Waals surface area (Å²) in [6, 6.07) is 14.6. The summed E-state index contributed by atoms with van der Waals surface area (Å²) in [4.78, 5) is 6.91. The van der Waals surface area contributed by atoms with Crippen LogP contribution < -0.4 is 0 Å². The van der Waals surface area contributed by atoms with Crippen molar-refractivity contribution >= 4 is 34.8 Å². The van der Waals surface area contributed by atoms with Crippen LogP contribution in [0.4, 0.5) is 26.3 Å². The average Bonchev–Trinajstić information content (AvgIpc) is 3.19. The molecule has 0 aromatic heterocycles. The van der Waals surface area contributed by atoms with Gasteiger partial charge in [0.15, 0.2) is 0 Å². The number of para-hydroxylation sites is 1. The summed E-state index contributed by atoms with van der Waals surface area (Å²) >= 11 is 17.5. The number of hydrogen-bond acceptors (Lipinski definition) is 5. The number of halogens is 9. The van der Waals surface area contributed by atoms with Crippen LogP contribution in [-0.4, -0.2) is 92.4 Å². The first-order valence-corrected chi connectivity index (χ1v) is 21.2. The van der Waals surface area contributed by atoms with Gasteiger partial charge in [-0.1, -0.05) is 84.2 Å². The van der Waals surface area contributed by atoms with Gasteiger partial charge in [-0.25, -0.2) is 0 Å². The van der Waals surface area contributed by atoms with E-state index >= 15 is 0 Å². The molecule has 0 atom stereocenters. The SMILES string of the molecule is C=CCN1CCC(c2cccc(Cl)c2C(F)(F)F)CC1.CCCN1CCC(c2cccc(Cl)c2O)CC1.COCCN1CCC(c2cccc(Cl)c2C(F)(F)F)CC1. The molecule has 0 spiro atoms. The number of alkyl halides is 6. The predicted octanol–water partition coefficient (Wildman–Crippen LogP) is 12.5. The van der Waals surface area contributed by atoms with Gasteiger partial charge in [-0.15, -0.1) is 6.58 Å². The molecule has 3 aliphatic rings. The lowest BCUT2D eigenvalue weighted by Gasteiger charge is -2.33. The Labute approximate surface area is 354 Å². The van der Waals surface area contributed by atoms with Gasteiger partial charge in [-0.05, 0) is 143 Å². The molecule has 1 N–H and O–H groups in total. The number of likely N-dealkylation sites (tertiary alicyclic amines) is 3. The number of aromatic hydroxyl groups is 1. The summed E-state index contributed by atoms with van der Waals surface area (Å²) in [5.74, 6) is 0.579. The molecule has 6 rings (SSSR count). The van der Waals surface area contributed by atoms with Crippen LogP contribution in [-0.2, 0) is 17.1 Å². The van der Waals surface area contributed by atoms with E-state index in [1.165, 1.54) is 25.1 Å². The van der Waals surface area contributed by atoms with Crippen molar-refractivity contribution in [2.24, 2.45) is 0 Å². The Hall–Kier alpha value is -2.51. The molecule has 0 radical (unpaired) electrons. The van der Waals surface area contributed by atoms with E-state index in [1.807, 2.05) is 18.2 Å². The monoisotopic (exact) mass is 877 g/mol. The Kier molecular flexibility index (Phi) is 19.0. The predicted molar refractivity (Wildman–Crippen MR) is 224 cm³/mol. The zero-order valence-electron chi connectivity index (χ0n) is 33.3. The number of hydrogen-bond donors (Lipinski definition) is 1. The zero-order chi connectivity index (χ0) is 42.5. The van der Waals surface area contributed by atoms with Crippen LogP contribution in [0.3, 0.4) is 0 Å². The largest absolute Gasteiger partial charge is 0.506 e. The van der Waals surface area contributed by atoms with Crippen LogP contribution >= 0.6 is 34.8 Å². The van der Waals surface area contributed by atoms with Crippen molar-refractivity contribution < 1.29 is 36.2 Å². The van der Waals surface area contributed by atoms with E-state index in [4.69, 9.17) is 39.5 Å². The third-order valence-corrected chi connectivity index (χ3v) is 12.2. The summed E-state index contributed by atoms with van der Waals surface area (Å²) in [6.07, 6.45) is -0.655. The van der Waals surface area contributed by atoms with E-state index in [9.17, 15) is 31.4 Å². The summed E-state index contributed by atoms with van der Waals surface area (Å²) in [5.41, 5.74) is 0.365. The van der Waals surface area contributed by atoms with Crippen molar-refractivity contribution in [1.29, 1.82) is 0 Å². The normalized spacial score (nSPS) is 18.3. The molecule has 3 aromatic rings. The lowest BCUT2D eigenvalue weighted by atomic mass is 9.86. The fourth-order valence-corrected chi connectivity index (χ4v) is 9.06. The second-order valence-electron chi connectivity index (χ2n) is 15.2. The summed E-state index contributed by atoms with van der Waals surface area (Å²) in [5, 5.41) is 10.0. The molecule has 3 aromatic carbocycles. The minimum atomic E-state index is -4.40. The van der Waals surface area contributed by atoms with Crippen LogP contribution in [0.2, 0.25) is 15.1 Å². The first-order chi connectivity index (χ1) is 27.6. The van der Waals surface area contributed by atoms with Crippen molar-refractivity contribution in [2.45, 2.75) is 82.0 Å². The minimum Gasteiger partial charge on any atom is -0.506 e. The average molecular weight is 879 g/mol. The van der Waals surface area contributed by atoms with Gasteiger partial charge in [0, 0.05) is 20.2 Å². The molecule has 3 heterocycles. The molecule has 322 valence electrons. The molecular weight excluding hydrogens is 823 g/mol. The van der Waals surface area contributed by atoms with Crippen molar-refractivity contribution in [3.05, 3.63) is 110 Å². The number of nitrogens with zero attached hydrogens (tertiary/aromatic N) is 3.